The fraction of sp³-hybridized carbons (Fsp3) is 0.818. The molecule has 2 saturated heterocycles. The maximum absolute atomic E-state index is 7.18. The van der Waals surface area contributed by atoms with E-state index in [4.69, 9.17) is 19.3 Å². The summed E-state index contributed by atoms with van der Waals surface area (Å²) in [5.41, 5.74) is 8.51. The van der Waals surface area contributed by atoms with Crippen LogP contribution in [-0.2, 0) is 13.6 Å². The van der Waals surface area contributed by atoms with E-state index >= 15 is 0 Å². The Labute approximate surface area is 243 Å². The molecule has 3 rings (SSSR count). The van der Waals surface area contributed by atoms with Crippen molar-refractivity contribution in [2.75, 3.05) is 19.8 Å². The van der Waals surface area contributed by atoms with Crippen LogP contribution in [0.1, 0.15) is 99.3 Å². The third kappa shape index (κ3) is 8.29. The van der Waals surface area contributed by atoms with Crippen LogP contribution in [0.25, 0.3) is 0 Å². The SMILES string of the molecule is CC(C)(C)[Si](C)(C)OCC12CC[C@@](CO[Si](C)(C)C(C)(C)C)(CC(C(/C=C\CN)=C/CC3=CCCCC3)C1)O2. The van der Waals surface area contributed by atoms with Crippen molar-refractivity contribution in [3.8, 4) is 0 Å². The molecule has 2 N–H and O–H groups in total. The van der Waals surface area contributed by atoms with Gasteiger partial charge in [-0.25, -0.2) is 0 Å². The average Bonchev–Trinajstić information content (AvgIpc) is 3.12. The van der Waals surface area contributed by atoms with Gasteiger partial charge in [-0.15, -0.1) is 0 Å². The van der Waals surface area contributed by atoms with Crippen LogP contribution in [0.2, 0.25) is 36.3 Å². The summed E-state index contributed by atoms with van der Waals surface area (Å²) in [4.78, 5) is 0. The lowest BCUT2D eigenvalue weighted by Crippen LogP contribution is -2.53. The normalized spacial score (nSPS) is 29.3. The summed E-state index contributed by atoms with van der Waals surface area (Å²) in [7, 11) is -3.79. The Bertz CT molecular complexity index is 878. The molecular formula is C33H61NO3Si2. The van der Waals surface area contributed by atoms with Gasteiger partial charge >= 0.3 is 0 Å². The third-order valence-electron chi connectivity index (χ3n) is 10.6. The molecule has 0 aromatic rings. The predicted octanol–water partition coefficient (Wildman–Crippen LogP) is 9.06. The van der Waals surface area contributed by atoms with Gasteiger partial charge in [0.05, 0.1) is 24.4 Å². The summed E-state index contributed by atoms with van der Waals surface area (Å²) in [5.74, 6) is 0.430. The van der Waals surface area contributed by atoms with Crippen molar-refractivity contribution in [1.82, 2.24) is 0 Å². The van der Waals surface area contributed by atoms with Crippen molar-refractivity contribution < 1.29 is 13.6 Å². The summed E-state index contributed by atoms with van der Waals surface area (Å²) in [6.45, 7) is 25.4. The lowest BCUT2D eigenvalue weighted by Gasteiger charge is -2.48. The lowest BCUT2D eigenvalue weighted by atomic mass is 9.78. The summed E-state index contributed by atoms with van der Waals surface area (Å²) in [6.07, 6.45) is 19.8. The standard InChI is InChI=1S/C33H61NO3Si2/c1-30(2,3)38(7,8)35-25-32-20-21-33(37-32,26-36-39(9,10)31(4,5)6)24-29(23-32)28(17-14-22-34)19-18-27-15-12-11-13-16-27/h14-15,17,19,29H,11-13,16,18,20-26,34H2,1-10H3/b17-14-,28-19+/t29?,32-,33?/m0/s1. The maximum atomic E-state index is 7.18. The van der Waals surface area contributed by atoms with Gasteiger partial charge in [0, 0.05) is 6.54 Å². The van der Waals surface area contributed by atoms with Gasteiger partial charge in [0.2, 0.25) is 0 Å². The van der Waals surface area contributed by atoms with E-state index < -0.39 is 16.6 Å². The minimum Gasteiger partial charge on any atom is -0.414 e. The fourth-order valence-electron chi connectivity index (χ4n) is 5.80. The maximum Gasteiger partial charge on any atom is 0.192 e. The highest BCUT2D eigenvalue weighted by Gasteiger charge is 2.57. The fourth-order valence-corrected chi connectivity index (χ4v) is 7.92. The Kier molecular flexibility index (Phi) is 10.5. The summed E-state index contributed by atoms with van der Waals surface area (Å²) < 4.78 is 20.9. The van der Waals surface area contributed by atoms with Crippen LogP contribution >= 0.6 is 0 Å². The summed E-state index contributed by atoms with van der Waals surface area (Å²) in [5, 5.41) is 0.364. The van der Waals surface area contributed by atoms with Gasteiger partial charge in [-0.1, -0.05) is 71.4 Å². The van der Waals surface area contributed by atoms with E-state index in [1.807, 2.05) is 0 Å². The number of allylic oxidation sites excluding steroid dienone is 5. The van der Waals surface area contributed by atoms with Crippen molar-refractivity contribution in [2.45, 2.75) is 147 Å². The van der Waals surface area contributed by atoms with E-state index in [2.05, 4.69) is 92.0 Å². The Morgan fingerprint density at radius 1 is 0.949 bits per heavy atom. The van der Waals surface area contributed by atoms with Crippen LogP contribution in [0.3, 0.4) is 0 Å². The molecule has 4 nitrogen and oxygen atoms in total. The van der Waals surface area contributed by atoms with Crippen molar-refractivity contribution in [3.63, 3.8) is 0 Å². The first-order valence-corrected chi connectivity index (χ1v) is 21.5. The molecule has 3 aliphatic rings. The minimum atomic E-state index is -1.90. The molecule has 2 aliphatic heterocycles. The monoisotopic (exact) mass is 575 g/mol. The smallest absolute Gasteiger partial charge is 0.192 e. The third-order valence-corrected chi connectivity index (χ3v) is 19.6. The Hall–Kier alpha value is -0.506. The zero-order chi connectivity index (χ0) is 29.2. The molecule has 2 unspecified atom stereocenters. The number of ether oxygens (including phenoxy) is 1. The second kappa shape index (κ2) is 12.4. The second-order valence-corrected chi connectivity index (χ2v) is 25.4. The van der Waals surface area contributed by atoms with Crippen molar-refractivity contribution in [3.05, 3.63) is 35.5 Å². The van der Waals surface area contributed by atoms with Crippen molar-refractivity contribution in [1.29, 1.82) is 0 Å². The van der Waals surface area contributed by atoms with Crippen LogP contribution in [0.15, 0.2) is 35.5 Å². The van der Waals surface area contributed by atoms with Gasteiger partial charge in [-0.05, 0) is 106 Å². The first-order chi connectivity index (χ1) is 17.9. The molecule has 0 aromatic carbocycles. The number of fused-ring (bicyclic) bond motifs is 2. The first-order valence-electron chi connectivity index (χ1n) is 15.7. The van der Waals surface area contributed by atoms with Crippen molar-refractivity contribution >= 4 is 16.6 Å². The molecule has 0 amide bonds. The largest absolute Gasteiger partial charge is 0.414 e. The molecule has 0 spiro atoms. The van der Waals surface area contributed by atoms with E-state index in [0.29, 0.717) is 25.7 Å². The molecule has 1 aliphatic carbocycles. The molecule has 224 valence electrons. The first kappa shape index (κ1) is 33.0. The van der Waals surface area contributed by atoms with E-state index in [1.54, 1.807) is 5.57 Å². The molecule has 39 heavy (non-hydrogen) atoms. The van der Waals surface area contributed by atoms with Crippen molar-refractivity contribution in [2.24, 2.45) is 11.7 Å². The molecule has 2 bridgehead atoms. The van der Waals surface area contributed by atoms with Gasteiger partial charge in [-0.2, -0.15) is 0 Å². The highest BCUT2D eigenvalue weighted by atomic mass is 28.4. The zero-order valence-corrected chi connectivity index (χ0v) is 29.2. The molecular weight excluding hydrogens is 515 g/mol. The Morgan fingerprint density at radius 3 is 1.92 bits per heavy atom. The minimum absolute atomic E-state index is 0.182. The molecule has 2 heterocycles. The van der Waals surface area contributed by atoms with E-state index in [1.165, 1.54) is 31.3 Å². The Morgan fingerprint density at radius 2 is 1.49 bits per heavy atom. The predicted molar refractivity (Wildman–Crippen MR) is 172 cm³/mol. The molecule has 3 atom stereocenters. The van der Waals surface area contributed by atoms with Gasteiger partial charge in [0.25, 0.3) is 0 Å². The molecule has 0 radical (unpaired) electrons. The van der Waals surface area contributed by atoms with Gasteiger partial charge in [0.15, 0.2) is 16.6 Å². The summed E-state index contributed by atoms with van der Waals surface area (Å²) in [6, 6.07) is 0. The average molecular weight is 576 g/mol. The topological polar surface area (TPSA) is 53.7 Å². The van der Waals surface area contributed by atoms with E-state index in [9.17, 15) is 0 Å². The van der Waals surface area contributed by atoms with Crippen LogP contribution in [-0.4, -0.2) is 47.6 Å². The zero-order valence-electron chi connectivity index (χ0n) is 27.2. The molecule has 2 fully saturated rings. The molecule has 0 aromatic heterocycles. The van der Waals surface area contributed by atoms with Gasteiger partial charge in [0.1, 0.15) is 0 Å². The summed E-state index contributed by atoms with van der Waals surface area (Å²) >= 11 is 0. The number of hydrogen-bond donors (Lipinski definition) is 1. The number of hydrogen-bond acceptors (Lipinski definition) is 4. The van der Waals surface area contributed by atoms with E-state index in [-0.39, 0.29) is 21.3 Å². The van der Waals surface area contributed by atoms with E-state index in [0.717, 1.165) is 32.1 Å². The highest BCUT2D eigenvalue weighted by molar-refractivity contribution is 6.74. The van der Waals surface area contributed by atoms with Crippen LogP contribution < -0.4 is 5.73 Å². The van der Waals surface area contributed by atoms with Crippen LogP contribution in [0.4, 0.5) is 0 Å². The second-order valence-electron chi connectivity index (χ2n) is 15.8. The van der Waals surface area contributed by atoms with Gasteiger partial charge in [-0.3, -0.25) is 0 Å². The molecule has 0 saturated carbocycles. The highest BCUT2D eigenvalue weighted by Crippen LogP contribution is 2.54. The number of nitrogens with two attached hydrogens (primary N) is 1. The Balaban J connectivity index is 1.91. The van der Waals surface area contributed by atoms with Crippen LogP contribution in [0, 0.1) is 5.92 Å². The van der Waals surface area contributed by atoms with Crippen LogP contribution in [0.5, 0.6) is 0 Å². The number of rotatable bonds is 11. The lowest BCUT2D eigenvalue weighted by molar-refractivity contribution is -0.178. The quantitative estimate of drug-likeness (QED) is 0.152. The van der Waals surface area contributed by atoms with Gasteiger partial charge < -0.3 is 19.3 Å². The molecule has 6 heteroatoms.